The third-order valence-electron chi connectivity index (χ3n) is 13.8. The summed E-state index contributed by atoms with van der Waals surface area (Å²) in [5.74, 6) is -4.56. The Hall–Kier alpha value is -3.94. The zero-order valence-corrected chi connectivity index (χ0v) is 33.7. The molecule has 0 radical (unpaired) electrons. The van der Waals surface area contributed by atoms with Crippen LogP contribution >= 0.6 is 0 Å². The van der Waals surface area contributed by atoms with Crippen LogP contribution < -0.4 is 9.46 Å². The molecule has 1 N–H and O–H groups in total. The number of nitrogens with one attached hydrogen (secondary N) is 1. The molecular formula is C43H53F2N3O8S. The normalized spacial score (nSPS) is 30.9. The predicted octanol–water partition coefficient (Wildman–Crippen LogP) is 6.85. The molecule has 0 unspecified atom stereocenters. The fourth-order valence-electron chi connectivity index (χ4n) is 9.78. The van der Waals surface area contributed by atoms with E-state index in [0.717, 1.165) is 63.5 Å². The number of Topliss-reactive ketones (excluding diaryl/α,β-unsaturated/α-hetero) is 1. The Bertz CT molecular complexity index is 2130. The van der Waals surface area contributed by atoms with Gasteiger partial charge in [0.1, 0.15) is 17.5 Å². The Morgan fingerprint density at radius 2 is 1.72 bits per heavy atom. The van der Waals surface area contributed by atoms with E-state index in [1.165, 1.54) is 4.90 Å². The van der Waals surface area contributed by atoms with Crippen LogP contribution in [0.5, 0.6) is 5.75 Å². The molecule has 14 heteroatoms. The predicted molar refractivity (Wildman–Crippen MR) is 206 cm³/mol. The van der Waals surface area contributed by atoms with E-state index in [-0.39, 0.29) is 49.5 Å². The van der Waals surface area contributed by atoms with E-state index in [9.17, 15) is 36.4 Å². The van der Waals surface area contributed by atoms with Crippen molar-refractivity contribution >= 4 is 44.5 Å². The number of ketones is 1. The van der Waals surface area contributed by atoms with Gasteiger partial charge in [-0.25, -0.2) is 22.2 Å². The molecular weight excluding hydrogens is 757 g/mol. The zero-order valence-electron chi connectivity index (χ0n) is 32.9. The van der Waals surface area contributed by atoms with Gasteiger partial charge < -0.3 is 14.4 Å². The number of hydrogen-bond acceptors (Lipinski definition) is 9. The third-order valence-corrected chi connectivity index (χ3v) is 15.9. The molecule has 8 rings (SSSR count). The number of carbonyl (C=O) groups excluding carboxylic acids is 4. The second kappa shape index (κ2) is 15.0. The minimum absolute atomic E-state index is 0.0281. The fourth-order valence-corrected chi connectivity index (χ4v) is 11.1. The van der Waals surface area contributed by atoms with Gasteiger partial charge in [0, 0.05) is 35.8 Å². The number of aryl methyl sites for hydroxylation is 2. The number of nitrogens with zero attached hydrogens (tertiary/aromatic N) is 2. The van der Waals surface area contributed by atoms with Gasteiger partial charge in [-0.15, -0.1) is 0 Å². The molecule has 0 bridgehead atoms. The highest BCUT2D eigenvalue weighted by atomic mass is 32.2. The number of pyridine rings is 1. The number of benzene rings is 1. The monoisotopic (exact) mass is 809 g/mol. The molecule has 4 fully saturated rings. The molecule has 2 amide bonds. The number of rotatable bonds is 6. The molecule has 1 aromatic carbocycles. The summed E-state index contributed by atoms with van der Waals surface area (Å²) < 4.78 is 69.2. The third kappa shape index (κ3) is 7.71. The molecule has 2 aromatic rings. The van der Waals surface area contributed by atoms with Gasteiger partial charge in [-0.2, -0.15) is 0 Å². The van der Waals surface area contributed by atoms with Crippen molar-refractivity contribution in [3.8, 4) is 5.75 Å². The number of aromatic nitrogens is 1. The van der Waals surface area contributed by atoms with Crippen LogP contribution in [-0.4, -0.2) is 70.9 Å². The molecule has 3 aliphatic heterocycles. The minimum atomic E-state index is -3.98. The van der Waals surface area contributed by atoms with E-state index in [4.69, 9.17) is 9.47 Å². The summed E-state index contributed by atoms with van der Waals surface area (Å²) in [5, 5.41) is 0.427. The number of amides is 2. The van der Waals surface area contributed by atoms with Crippen LogP contribution in [0.2, 0.25) is 0 Å². The quantitative estimate of drug-likeness (QED) is 0.244. The Morgan fingerprint density at radius 3 is 2.47 bits per heavy atom. The van der Waals surface area contributed by atoms with Crippen LogP contribution in [0.25, 0.3) is 10.9 Å². The van der Waals surface area contributed by atoms with Crippen LogP contribution in [0.15, 0.2) is 24.3 Å². The second-order valence-electron chi connectivity index (χ2n) is 18.0. The molecule has 3 aliphatic carbocycles. The van der Waals surface area contributed by atoms with Gasteiger partial charge in [0.15, 0.2) is 17.4 Å². The number of esters is 1. The first kappa shape index (κ1) is 39.9. The largest absolute Gasteiger partial charge is 0.483 e. The molecule has 4 heterocycles. The lowest BCUT2D eigenvalue weighted by Crippen LogP contribution is -2.48. The first-order chi connectivity index (χ1) is 27.1. The Morgan fingerprint density at radius 1 is 1.00 bits per heavy atom. The Kier molecular flexibility index (Phi) is 10.5. The maximum atomic E-state index is 14.9. The summed E-state index contributed by atoms with van der Waals surface area (Å²) in [6.45, 7) is 3.35. The molecule has 3 saturated carbocycles. The fraction of sp³-hybridized carbons (Fsp3) is 0.651. The Labute approximate surface area is 332 Å². The molecule has 57 heavy (non-hydrogen) atoms. The van der Waals surface area contributed by atoms with E-state index in [0.29, 0.717) is 72.9 Å². The van der Waals surface area contributed by atoms with E-state index >= 15 is 0 Å². The van der Waals surface area contributed by atoms with Gasteiger partial charge in [-0.05, 0) is 103 Å². The number of sulfonamides is 1. The second-order valence-corrected chi connectivity index (χ2v) is 20.2. The van der Waals surface area contributed by atoms with Crippen LogP contribution in [-0.2, 0) is 40.4 Å². The number of carbonyl (C=O) groups is 4. The van der Waals surface area contributed by atoms with Crippen LogP contribution in [0, 0.1) is 35.8 Å². The maximum Gasteiger partial charge on any atom is 0.306 e. The average Bonchev–Trinajstić information content (AvgIpc) is 4.06. The lowest BCUT2D eigenvalue weighted by atomic mass is 9.85. The molecule has 1 aromatic heterocycles. The highest BCUT2D eigenvalue weighted by Gasteiger charge is 2.63. The average molecular weight is 810 g/mol. The summed E-state index contributed by atoms with van der Waals surface area (Å²) in [6.07, 6.45) is 13.5. The van der Waals surface area contributed by atoms with Gasteiger partial charge in [0.05, 0.1) is 40.4 Å². The maximum absolute atomic E-state index is 14.9. The summed E-state index contributed by atoms with van der Waals surface area (Å²) in [7, 11) is -3.98. The summed E-state index contributed by atoms with van der Waals surface area (Å²) in [4.78, 5) is 63.2. The van der Waals surface area contributed by atoms with Gasteiger partial charge in [0.25, 0.3) is 0 Å². The number of allylic oxidation sites excluding steroid dienone is 2. The standard InChI is InChI=1S/C43H53F2N3O8S/c1-26-38-30(31-20-32(44)33(45)21-34(31)46-26)15-16-42(56-38)23-35-36(49)24-43(40(52)47-57(53,54)41(2)17-18-41)22-28(43)12-8-5-3-4-7-11-27(39(51)48(35)25-42)19-37(50)55-29-13-9-6-10-14-29/h8,12,20-21,27-29,35H,3-7,9-11,13-19,22-25H2,1-2H3,(H,47,52)/b12-8-/t27-,28-,35+,42-,43-/m1/s1. The van der Waals surface area contributed by atoms with Crippen molar-refractivity contribution < 1.29 is 45.9 Å². The van der Waals surface area contributed by atoms with Crippen LogP contribution in [0.1, 0.15) is 127 Å². The zero-order chi connectivity index (χ0) is 40.3. The van der Waals surface area contributed by atoms with Crippen molar-refractivity contribution in [1.29, 1.82) is 0 Å². The molecule has 5 atom stereocenters. The van der Waals surface area contributed by atoms with Gasteiger partial charge in [-0.1, -0.05) is 31.4 Å². The molecule has 11 nitrogen and oxygen atoms in total. The number of hydrogen-bond donors (Lipinski definition) is 1. The van der Waals surface area contributed by atoms with Crippen molar-refractivity contribution in [2.24, 2.45) is 17.3 Å². The van der Waals surface area contributed by atoms with E-state index in [2.05, 4.69) is 9.71 Å². The lowest BCUT2D eigenvalue weighted by molar-refractivity contribution is -0.155. The van der Waals surface area contributed by atoms with Crippen molar-refractivity contribution in [3.63, 3.8) is 0 Å². The number of ether oxygens (including phenoxy) is 2. The smallest absolute Gasteiger partial charge is 0.306 e. The first-order valence-corrected chi connectivity index (χ1v) is 22.3. The topological polar surface area (TPSA) is 149 Å². The van der Waals surface area contributed by atoms with E-state index in [1.807, 2.05) is 12.2 Å². The van der Waals surface area contributed by atoms with Crippen LogP contribution in [0.3, 0.4) is 0 Å². The van der Waals surface area contributed by atoms with Gasteiger partial charge in [-0.3, -0.25) is 23.9 Å². The molecule has 1 spiro atoms. The van der Waals surface area contributed by atoms with E-state index in [1.54, 1.807) is 13.8 Å². The SMILES string of the molecule is Cc1nc2cc(F)c(F)cc2c2c1O[C@]1(CC2)C[C@H]2C(=O)C[C@]3(C(=O)NS(=O)(=O)C4(C)CC4)C[C@H]3/C=C\CCCCC[C@H](CC(=O)OC3CCCCC3)C(=O)N2C1. The van der Waals surface area contributed by atoms with E-state index < -0.39 is 61.3 Å². The van der Waals surface area contributed by atoms with Crippen molar-refractivity contribution in [2.45, 2.75) is 152 Å². The summed E-state index contributed by atoms with van der Waals surface area (Å²) in [6, 6.07) is 1.16. The molecule has 308 valence electrons. The van der Waals surface area contributed by atoms with Crippen molar-refractivity contribution in [2.75, 3.05) is 6.54 Å². The van der Waals surface area contributed by atoms with Crippen molar-refractivity contribution in [1.82, 2.24) is 14.6 Å². The van der Waals surface area contributed by atoms with Gasteiger partial charge >= 0.3 is 5.97 Å². The molecule has 6 aliphatic rings. The number of halogens is 2. The Balaban J connectivity index is 1.12. The van der Waals surface area contributed by atoms with Crippen molar-refractivity contribution in [3.05, 3.63) is 47.2 Å². The lowest BCUT2D eigenvalue weighted by Gasteiger charge is -2.36. The summed E-state index contributed by atoms with van der Waals surface area (Å²) in [5.41, 5.74) is -0.921. The van der Waals surface area contributed by atoms with Gasteiger partial charge in [0.2, 0.25) is 21.8 Å². The summed E-state index contributed by atoms with van der Waals surface area (Å²) >= 11 is 0. The van der Waals surface area contributed by atoms with Crippen LogP contribution in [0.4, 0.5) is 8.78 Å². The highest BCUT2D eigenvalue weighted by molar-refractivity contribution is 7.91. The minimum Gasteiger partial charge on any atom is -0.483 e. The molecule has 1 saturated heterocycles. The number of fused-ring (bicyclic) bond motifs is 5. The first-order valence-electron chi connectivity index (χ1n) is 20.9. The highest BCUT2D eigenvalue weighted by Crippen LogP contribution is 2.58.